The summed E-state index contributed by atoms with van der Waals surface area (Å²) in [4.78, 5) is 38.0. The predicted octanol–water partition coefficient (Wildman–Crippen LogP) is -0.417. The van der Waals surface area contributed by atoms with Crippen LogP contribution in [0.15, 0.2) is 24.3 Å². The van der Waals surface area contributed by atoms with Gasteiger partial charge in [-0.3, -0.25) is 19.8 Å². The lowest BCUT2D eigenvalue weighted by Gasteiger charge is -2.33. The van der Waals surface area contributed by atoms with Crippen molar-refractivity contribution >= 4 is 23.6 Å². The van der Waals surface area contributed by atoms with Gasteiger partial charge >= 0.3 is 17.8 Å². The number of ether oxygens (including phenoxy) is 2. The number of piperazine rings is 1. The van der Waals surface area contributed by atoms with Crippen molar-refractivity contribution < 1.29 is 23.9 Å². The minimum Gasteiger partial charge on any atom is -0.494 e. The summed E-state index contributed by atoms with van der Waals surface area (Å²) in [6.45, 7) is 1.22. The molecule has 0 unspecified atom stereocenters. The van der Waals surface area contributed by atoms with Gasteiger partial charge < -0.3 is 25.0 Å². The minimum atomic E-state index is -0.692. The molecule has 0 saturated carbocycles. The Morgan fingerprint density at radius 1 is 1.15 bits per heavy atom. The molecule has 26 heavy (non-hydrogen) atoms. The first-order chi connectivity index (χ1) is 12.4. The van der Waals surface area contributed by atoms with Crippen molar-refractivity contribution in [3.8, 4) is 5.75 Å². The average Bonchev–Trinajstić information content (AvgIpc) is 2.64. The summed E-state index contributed by atoms with van der Waals surface area (Å²) in [6.07, 6.45) is 0.560. The molecule has 1 aliphatic heterocycles. The van der Waals surface area contributed by atoms with Crippen molar-refractivity contribution in [2.45, 2.75) is 6.42 Å². The van der Waals surface area contributed by atoms with Crippen LogP contribution in [0, 0.1) is 5.41 Å². The van der Waals surface area contributed by atoms with Gasteiger partial charge in [-0.05, 0) is 30.7 Å². The Labute approximate surface area is 151 Å². The number of nitrogens with two attached hydrogens (primary N) is 1. The summed E-state index contributed by atoms with van der Waals surface area (Å²) in [5.41, 5.74) is 6.00. The Morgan fingerprint density at radius 2 is 1.77 bits per heavy atom. The number of benzene rings is 1. The van der Waals surface area contributed by atoms with Gasteiger partial charge in [-0.25, -0.2) is 0 Å². The minimum absolute atomic E-state index is 0.00827. The molecule has 2 rings (SSSR count). The zero-order valence-electron chi connectivity index (χ0n) is 14.6. The average molecular weight is 362 g/mol. The highest BCUT2D eigenvalue weighted by Gasteiger charge is 2.33. The van der Waals surface area contributed by atoms with E-state index in [4.69, 9.17) is 15.9 Å². The third-order valence-corrected chi connectivity index (χ3v) is 3.95. The number of hydrogen-bond donors (Lipinski definition) is 2. The van der Waals surface area contributed by atoms with E-state index in [1.807, 2.05) is 0 Å². The number of amidine groups is 1. The molecule has 3 N–H and O–H groups in total. The first-order valence-corrected chi connectivity index (χ1v) is 8.14. The van der Waals surface area contributed by atoms with Crippen LogP contribution in [0.5, 0.6) is 5.75 Å². The lowest BCUT2D eigenvalue weighted by molar-refractivity contribution is -0.159. The first kappa shape index (κ1) is 19.2. The normalized spacial score (nSPS) is 14.3. The number of esters is 1. The Bertz CT molecular complexity index is 689. The van der Waals surface area contributed by atoms with Crippen LogP contribution in [0.1, 0.15) is 12.0 Å². The molecule has 0 spiro atoms. The molecule has 2 amide bonds. The highest BCUT2D eigenvalue weighted by atomic mass is 16.5. The van der Waals surface area contributed by atoms with Crippen LogP contribution >= 0.6 is 0 Å². The summed E-state index contributed by atoms with van der Waals surface area (Å²) in [6, 6.07) is 6.83. The van der Waals surface area contributed by atoms with E-state index < -0.39 is 17.8 Å². The van der Waals surface area contributed by atoms with Crippen molar-refractivity contribution in [1.29, 1.82) is 5.41 Å². The van der Waals surface area contributed by atoms with Crippen molar-refractivity contribution in [3.63, 3.8) is 0 Å². The molecular formula is C17H22N4O5. The third kappa shape index (κ3) is 4.95. The fourth-order valence-corrected chi connectivity index (χ4v) is 2.48. The SMILES string of the molecule is COC(=O)CN1CCN(CCCOc2ccc(C(=N)N)cc2)C(=O)C1=O. The molecule has 1 aliphatic rings. The van der Waals surface area contributed by atoms with E-state index in [9.17, 15) is 14.4 Å². The quantitative estimate of drug-likeness (QED) is 0.213. The van der Waals surface area contributed by atoms with Crippen molar-refractivity contribution in [2.24, 2.45) is 5.73 Å². The van der Waals surface area contributed by atoms with Crippen LogP contribution in [-0.4, -0.2) is 73.3 Å². The van der Waals surface area contributed by atoms with Crippen LogP contribution in [0.4, 0.5) is 0 Å². The summed E-state index contributed by atoms with van der Waals surface area (Å²) in [7, 11) is 1.23. The molecule has 0 aliphatic carbocycles. The van der Waals surface area contributed by atoms with Gasteiger partial charge in [-0.15, -0.1) is 0 Å². The first-order valence-electron chi connectivity index (χ1n) is 8.14. The van der Waals surface area contributed by atoms with Crippen LogP contribution in [0.2, 0.25) is 0 Å². The Hall–Kier alpha value is -3.10. The third-order valence-electron chi connectivity index (χ3n) is 3.95. The number of amides is 2. The summed E-state index contributed by atoms with van der Waals surface area (Å²) in [5.74, 6) is -1.23. The second-order valence-electron chi connectivity index (χ2n) is 5.74. The maximum absolute atomic E-state index is 12.1. The number of hydrogen-bond acceptors (Lipinski definition) is 6. The van der Waals surface area contributed by atoms with Gasteiger partial charge in [0.2, 0.25) is 0 Å². The molecule has 0 atom stereocenters. The van der Waals surface area contributed by atoms with Crippen LogP contribution in [0.3, 0.4) is 0 Å². The Balaban J connectivity index is 1.74. The van der Waals surface area contributed by atoms with Crippen LogP contribution < -0.4 is 10.5 Å². The van der Waals surface area contributed by atoms with Crippen molar-refractivity contribution in [3.05, 3.63) is 29.8 Å². The van der Waals surface area contributed by atoms with Gasteiger partial charge in [-0.1, -0.05) is 0 Å². The standard InChI is InChI=1S/C17H22N4O5/c1-25-14(22)11-21-9-8-20(16(23)17(21)24)7-2-10-26-13-5-3-12(4-6-13)15(18)19/h3-6H,2,7-11H2,1H3,(H3,18,19). The fraction of sp³-hybridized carbons (Fsp3) is 0.412. The predicted molar refractivity (Wildman–Crippen MR) is 92.7 cm³/mol. The number of methoxy groups -OCH3 is 1. The monoisotopic (exact) mass is 362 g/mol. The van der Waals surface area contributed by atoms with E-state index in [1.54, 1.807) is 24.3 Å². The molecular weight excluding hydrogens is 340 g/mol. The molecule has 1 heterocycles. The lowest BCUT2D eigenvalue weighted by atomic mass is 10.2. The molecule has 140 valence electrons. The topological polar surface area (TPSA) is 126 Å². The van der Waals surface area contributed by atoms with E-state index in [-0.39, 0.29) is 12.4 Å². The number of carbonyl (C=O) groups is 3. The molecule has 0 aromatic heterocycles. The van der Waals surface area contributed by atoms with E-state index in [0.717, 1.165) is 0 Å². The van der Waals surface area contributed by atoms with Gasteiger partial charge in [0.25, 0.3) is 0 Å². The molecule has 9 heteroatoms. The van der Waals surface area contributed by atoms with Crippen molar-refractivity contribution in [1.82, 2.24) is 9.80 Å². The van der Waals surface area contributed by atoms with Gasteiger partial charge in [0, 0.05) is 25.2 Å². The number of carbonyl (C=O) groups excluding carboxylic acids is 3. The number of rotatable bonds is 8. The van der Waals surface area contributed by atoms with E-state index in [0.29, 0.717) is 44.0 Å². The molecule has 9 nitrogen and oxygen atoms in total. The Kier molecular flexibility index (Phi) is 6.54. The molecule has 0 bridgehead atoms. The molecule has 1 fully saturated rings. The zero-order valence-corrected chi connectivity index (χ0v) is 14.6. The summed E-state index contributed by atoms with van der Waals surface area (Å²) < 4.78 is 10.1. The van der Waals surface area contributed by atoms with Crippen molar-refractivity contribution in [2.75, 3.05) is 39.9 Å². The largest absolute Gasteiger partial charge is 0.494 e. The maximum atomic E-state index is 12.1. The van der Waals surface area contributed by atoms with Crippen LogP contribution in [-0.2, 0) is 19.1 Å². The summed E-state index contributed by atoms with van der Waals surface area (Å²) in [5, 5.41) is 7.33. The molecule has 1 saturated heterocycles. The lowest BCUT2D eigenvalue weighted by Crippen LogP contribution is -2.55. The second kappa shape index (κ2) is 8.84. The van der Waals surface area contributed by atoms with Gasteiger partial charge in [-0.2, -0.15) is 0 Å². The van der Waals surface area contributed by atoms with Gasteiger partial charge in [0.1, 0.15) is 18.1 Å². The second-order valence-corrected chi connectivity index (χ2v) is 5.74. The smallest absolute Gasteiger partial charge is 0.325 e. The zero-order chi connectivity index (χ0) is 19.1. The maximum Gasteiger partial charge on any atom is 0.325 e. The number of nitrogen functional groups attached to an aromatic ring is 1. The number of nitrogens with zero attached hydrogens (tertiary/aromatic N) is 2. The molecule has 1 aromatic carbocycles. The summed E-state index contributed by atoms with van der Waals surface area (Å²) >= 11 is 0. The number of nitrogens with one attached hydrogen (secondary N) is 1. The molecule has 0 radical (unpaired) electrons. The fourth-order valence-electron chi connectivity index (χ4n) is 2.48. The van der Waals surface area contributed by atoms with E-state index >= 15 is 0 Å². The highest BCUT2D eigenvalue weighted by Crippen LogP contribution is 2.12. The van der Waals surface area contributed by atoms with E-state index in [2.05, 4.69) is 4.74 Å². The molecule has 1 aromatic rings. The van der Waals surface area contributed by atoms with Gasteiger partial charge in [0.15, 0.2) is 0 Å². The highest BCUT2D eigenvalue weighted by molar-refractivity contribution is 6.35. The van der Waals surface area contributed by atoms with E-state index in [1.165, 1.54) is 16.9 Å². The van der Waals surface area contributed by atoms with Crippen LogP contribution in [0.25, 0.3) is 0 Å². The van der Waals surface area contributed by atoms with Gasteiger partial charge in [0.05, 0.1) is 13.7 Å². The Morgan fingerprint density at radius 3 is 2.38 bits per heavy atom.